The summed E-state index contributed by atoms with van der Waals surface area (Å²) in [6, 6.07) is 15.1. The van der Waals surface area contributed by atoms with Crippen LogP contribution in [-0.2, 0) is 4.79 Å². The van der Waals surface area contributed by atoms with Crippen LogP contribution in [0.25, 0.3) is 11.0 Å². The third-order valence-electron chi connectivity index (χ3n) is 5.17. The fraction of sp³-hybridized carbons (Fsp3) is 0.318. The number of hydrogen-bond acceptors (Lipinski definition) is 6. The lowest BCUT2D eigenvalue weighted by molar-refractivity contribution is -0.120. The number of carbonyl (C=O) groups excluding carboxylic acids is 1. The van der Waals surface area contributed by atoms with Crippen LogP contribution in [0, 0.1) is 5.92 Å². The first-order valence-corrected chi connectivity index (χ1v) is 9.69. The highest BCUT2D eigenvalue weighted by atomic mass is 16.5. The number of nitrogens with zero attached hydrogens (tertiary/aromatic N) is 3. The highest BCUT2D eigenvalue weighted by molar-refractivity contribution is 5.94. The zero-order chi connectivity index (χ0) is 20.2. The number of aromatic nitrogens is 2. The maximum absolute atomic E-state index is 12.9. The SMILES string of the molecule is COc1ccccc1NC(=O)[C@H]1CCCN(c2nc3ccccc3nc2OC)C1. The van der Waals surface area contributed by atoms with Crippen LogP contribution in [0.15, 0.2) is 48.5 Å². The van der Waals surface area contributed by atoms with E-state index in [9.17, 15) is 4.79 Å². The highest BCUT2D eigenvalue weighted by Gasteiger charge is 2.29. The van der Waals surface area contributed by atoms with Crippen LogP contribution in [0.1, 0.15) is 12.8 Å². The number of methoxy groups -OCH3 is 2. The van der Waals surface area contributed by atoms with E-state index in [0.717, 1.165) is 30.4 Å². The van der Waals surface area contributed by atoms with E-state index < -0.39 is 0 Å². The summed E-state index contributed by atoms with van der Waals surface area (Å²) in [4.78, 5) is 24.4. The largest absolute Gasteiger partial charge is 0.495 e. The zero-order valence-electron chi connectivity index (χ0n) is 16.6. The van der Waals surface area contributed by atoms with Gasteiger partial charge in [-0.2, -0.15) is 0 Å². The van der Waals surface area contributed by atoms with E-state index in [0.29, 0.717) is 29.7 Å². The lowest BCUT2D eigenvalue weighted by Crippen LogP contribution is -2.41. The molecule has 150 valence electrons. The molecule has 0 bridgehead atoms. The van der Waals surface area contributed by atoms with Gasteiger partial charge in [-0.3, -0.25) is 4.79 Å². The van der Waals surface area contributed by atoms with Crippen molar-refractivity contribution in [2.45, 2.75) is 12.8 Å². The molecule has 1 aromatic heterocycles. The quantitative estimate of drug-likeness (QED) is 0.716. The van der Waals surface area contributed by atoms with Crippen LogP contribution >= 0.6 is 0 Å². The first-order valence-electron chi connectivity index (χ1n) is 9.69. The number of carbonyl (C=O) groups is 1. The smallest absolute Gasteiger partial charge is 0.257 e. The molecule has 0 aliphatic carbocycles. The van der Waals surface area contributed by atoms with Gasteiger partial charge in [0.05, 0.1) is 36.9 Å². The molecule has 0 saturated carbocycles. The Morgan fingerprint density at radius 3 is 2.52 bits per heavy atom. The van der Waals surface area contributed by atoms with Crippen LogP contribution in [0.5, 0.6) is 11.6 Å². The van der Waals surface area contributed by atoms with E-state index >= 15 is 0 Å². The molecular formula is C22H24N4O3. The van der Waals surface area contributed by atoms with E-state index in [1.165, 1.54) is 0 Å². The standard InChI is InChI=1S/C22H24N4O3/c1-28-19-12-6-5-11-18(19)24-21(27)15-8-7-13-26(14-15)20-22(29-2)25-17-10-4-3-9-16(17)23-20/h3-6,9-12,15H,7-8,13-14H2,1-2H3,(H,24,27)/t15-/m0/s1. The molecule has 0 spiro atoms. The van der Waals surface area contributed by atoms with E-state index in [4.69, 9.17) is 14.5 Å². The summed E-state index contributed by atoms with van der Waals surface area (Å²) >= 11 is 0. The number of fused-ring (bicyclic) bond motifs is 1. The Hall–Kier alpha value is -3.35. The zero-order valence-corrected chi connectivity index (χ0v) is 16.6. The minimum atomic E-state index is -0.161. The normalized spacial score (nSPS) is 16.5. The molecule has 1 saturated heterocycles. The Bertz CT molecular complexity index is 1020. The fourth-order valence-electron chi connectivity index (χ4n) is 3.68. The summed E-state index contributed by atoms with van der Waals surface area (Å²) in [5, 5.41) is 3.00. The third-order valence-corrected chi connectivity index (χ3v) is 5.17. The van der Waals surface area contributed by atoms with Crippen molar-refractivity contribution < 1.29 is 14.3 Å². The molecule has 2 heterocycles. The maximum atomic E-state index is 12.9. The number of ether oxygens (including phenoxy) is 2. The van der Waals surface area contributed by atoms with Crippen molar-refractivity contribution >= 4 is 28.4 Å². The lowest BCUT2D eigenvalue weighted by Gasteiger charge is -2.33. The van der Waals surface area contributed by atoms with Crippen molar-refractivity contribution in [1.82, 2.24) is 9.97 Å². The molecule has 1 fully saturated rings. The Morgan fingerprint density at radius 2 is 1.76 bits per heavy atom. The number of rotatable bonds is 5. The van der Waals surface area contributed by atoms with Crippen molar-refractivity contribution in [3.05, 3.63) is 48.5 Å². The van der Waals surface area contributed by atoms with Crippen LogP contribution in [0.2, 0.25) is 0 Å². The molecule has 1 aliphatic rings. The number of piperidine rings is 1. The molecule has 7 heteroatoms. The van der Waals surface area contributed by atoms with E-state index in [1.807, 2.05) is 48.5 Å². The van der Waals surface area contributed by atoms with Gasteiger partial charge in [-0.25, -0.2) is 9.97 Å². The predicted molar refractivity (Wildman–Crippen MR) is 113 cm³/mol. The fourth-order valence-corrected chi connectivity index (χ4v) is 3.68. The van der Waals surface area contributed by atoms with Gasteiger partial charge in [0.25, 0.3) is 5.88 Å². The summed E-state index contributed by atoms with van der Waals surface area (Å²) in [6.45, 7) is 1.37. The van der Waals surface area contributed by atoms with Crippen molar-refractivity contribution in [1.29, 1.82) is 0 Å². The second-order valence-corrected chi connectivity index (χ2v) is 7.02. The molecule has 3 aromatic rings. The van der Waals surface area contributed by atoms with Gasteiger partial charge in [0.2, 0.25) is 5.91 Å². The molecule has 4 rings (SSSR count). The van der Waals surface area contributed by atoms with Crippen LogP contribution in [0.3, 0.4) is 0 Å². The van der Waals surface area contributed by atoms with Gasteiger partial charge >= 0.3 is 0 Å². The minimum Gasteiger partial charge on any atom is -0.495 e. The molecule has 1 aliphatic heterocycles. The second-order valence-electron chi connectivity index (χ2n) is 7.02. The first-order chi connectivity index (χ1) is 14.2. The summed E-state index contributed by atoms with van der Waals surface area (Å²) in [6.07, 6.45) is 1.71. The Kier molecular flexibility index (Phi) is 5.46. The maximum Gasteiger partial charge on any atom is 0.257 e. The van der Waals surface area contributed by atoms with Gasteiger partial charge in [0.1, 0.15) is 5.75 Å². The lowest BCUT2D eigenvalue weighted by atomic mass is 9.97. The molecular weight excluding hydrogens is 368 g/mol. The average molecular weight is 392 g/mol. The Labute approximate surface area is 169 Å². The number of hydrogen-bond donors (Lipinski definition) is 1. The number of para-hydroxylation sites is 4. The van der Waals surface area contributed by atoms with Crippen molar-refractivity contribution in [3.63, 3.8) is 0 Å². The van der Waals surface area contributed by atoms with Crippen LogP contribution in [-0.4, -0.2) is 43.2 Å². The number of anilines is 2. The number of amides is 1. The number of benzene rings is 2. The van der Waals surface area contributed by atoms with Gasteiger partial charge in [-0.05, 0) is 37.1 Å². The first kappa shape index (κ1) is 19.0. The summed E-state index contributed by atoms with van der Waals surface area (Å²) < 4.78 is 10.8. The monoisotopic (exact) mass is 392 g/mol. The van der Waals surface area contributed by atoms with E-state index in [1.54, 1.807) is 14.2 Å². The summed E-state index contributed by atoms with van der Waals surface area (Å²) in [5.74, 6) is 1.63. The van der Waals surface area contributed by atoms with Gasteiger partial charge < -0.3 is 19.7 Å². The molecule has 1 N–H and O–H groups in total. The minimum absolute atomic E-state index is 0.0214. The molecule has 1 amide bonds. The van der Waals surface area contributed by atoms with Crippen molar-refractivity contribution in [2.75, 3.05) is 37.5 Å². The number of nitrogens with one attached hydrogen (secondary N) is 1. The molecule has 1 atom stereocenters. The molecule has 29 heavy (non-hydrogen) atoms. The Balaban J connectivity index is 1.55. The van der Waals surface area contributed by atoms with Gasteiger partial charge in [-0.15, -0.1) is 0 Å². The molecule has 0 unspecified atom stereocenters. The predicted octanol–water partition coefficient (Wildman–Crippen LogP) is 3.50. The van der Waals surface area contributed by atoms with Crippen LogP contribution < -0.4 is 19.7 Å². The second kappa shape index (κ2) is 8.34. The van der Waals surface area contributed by atoms with Gasteiger partial charge in [0, 0.05) is 13.1 Å². The molecule has 7 nitrogen and oxygen atoms in total. The van der Waals surface area contributed by atoms with Crippen molar-refractivity contribution in [3.8, 4) is 11.6 Å². The van der Waals surface area contributed by atoms with Gasteiger partial charge in [-0.1, -0.05) is 24.3 Å². The topological polar surface area (TPSA) is 76.6 Å². The van der Waals surface area contributed by atoms with Crippen molar-refractivity contribution in [2.24, 2.45) is 5.92 Å². The summed E-state index contributed by atoms with van der Waals surface area (Å²) in [7, 11) is 3.19. The Morgan fingerprint density at radius 1 is 1.03 bits per heavy atom. The van der Waals surface area contributed by atoms with E-state index in [-0.39, 0.29) is 11.8 Å². The van der Waals surface area contributed by atoms with Crippen LogP contribution in [0.4, 0.5) is 11.5 Å². The third kappa shape index (κ3) is 3.94. The van der Waals surface area contributed by atoms with Gasteiger partial charge in [0.15, 0.2) is 5.82 Å². The molecule has 0 radical (unpaired) electrons. The average Bonchev–Trinajstić information content (AvgIpc) is 2.78. The molecule has 2 aromatic carbocycles. The van der Waals surface area contributed by atoms with E-state index in [2.05, 4.69) is 15.2 Å². The highest BCUT2D eigenvalue weighted by Crippen LogP contribution is 2.31. The summed E-state index contributed by atoms with van der Waals surface area (Å²) in [5.41, 5.74) is 2.28.